The van der Waals surface area contributed by atoms with Crippen LogP contribution in [0.1, 0.15) is 41.9 Å². The van der Waals surface area contributed by atoms with Crippen molar-refractivity contribution in [2.24, 2.45) is 7.05 Å². The van der Waals surface area contributed by atoms with Crippen LogP contribution in [0.4, 0.5) is 0 Å². The topological polar surface area (TPSA) is 44.5 Å². The molecule has 7 heteroatoms. The Morgan fingerprint density at radius 1 is 1.13 bits per heavy atom. The summed E-state index contributed by atoms with van der Waals surface area (Å²) in [6.07, 6.45) is 3.23. The molecule has 0 radical (unpaired) electrons. The van der Waals surface area contributed by atoms with Gasteiger partial charge in [-0.15, -0.1) is 0 Å². The van der Waals surface area contributed by atoms with Crippen LogP contribution in [0.5, 0.6) is 11.5 Å². The molecule has 1 aliphatic heterocycles. The van der Waals surface area contributed by atoms with Gasteiger partial charge >= 0.3 is 0 Å². The Bertz CT molecular complexity index is 1120. The maximum Gasteiger partial charge on any atom is 0.198 e. The van der Waals surface area contributed by atoms with Gasteiger partial charge in [-0.25, -0.2) is 4.68 Å². The fourth-order valence-electron chi connectivity index (χ4n) is 4.52. The number of fused-ring (bicyclic) bond motifs is 2. The van der Waals surface area contributed by atoms with E-state index >= 15 is 0 Å². The van der Waals surface area contributed by atoms with Gasteiger partial charge in [0, 0.05) is 13.1 Å². The fourth-order valence-corrected chi connectivity index (χ4v) is 4.71. The van der Waals surface area contributed by atoms with Crippen LogP contribution in [0.15, 0.2) is 48.5 Å². The minimum Gasteiger partial charge on any atom is -0.485 e. The summed E-state index contributed by atoms with van der Waals surface area (Å²) in [6.45, 7) is 1.05. The smallest absolute Gasteiger partial charge is 0.198 e. The van der Waals surface area contributed by atoms with Crippen molar-refractivity contribution in [3.8, 4) is 11.5 Å². The second-order valence-corrected chi connectivity index (χ2v) is 8.43. The van der Waals surface area contributed by atoms with E-state index in [-0.39, 0.29) is 6.10 Å². The second-order valence-electron chi connectivity index (χ2n) is 8.07. The number of benzene rings is 2. The summed E-state index contributed by atoms with van der Waals surface area (Å²) in [7, 11) is 4.10. The molecule has 156 valence electrons. The first-order valence-corrected chi connectivity index (χ1v) is 10.8. The normalized spacial score (nSPS) is 20.2. The monoisotopic (exact) mass is 422 g/mol. The summed E-state index contributed by atoms with van der Waals surface area (Å²) in [5.41, 5.74) is 2.88. The number of nitrogens with zero attached hydrogens (tertiary/aromatic N) is 4. The first-order chi connectivity index (χ1) is 14.6. The van der Waals surface area contributed by atoms with Gasteiger partial charge in [-0.05, 0) is 61.8 Å². The van der Waals surface area contributed by atoms with Gasteiger partial charge in [0.1, 0.15) is 6.61 Å². The van der Waals surface area contributed by atoms with E-state index in [1.807, 2.05) is 40.6 Å². The molecule has 2 heterocycles. The number of rotatable bonds is 4. The van der Waals surface area contributed by atoms with Crippen LogP contribution in [0.2, 0.25) is 0 Å². The molecule has 6 nitrogen and oxygen atoms in total. The Balaban J connectivity index is 1.38. The zero-order valence-corrected chi connectivity index (χ0v) is 18.1. The number of aryl methyl sites for hydroxylation is 1. The van der Waals surface area contributed by atoms with Crippen LogP contribution in [0, 0.1) is 4.77 Å². The molecule has 30 heavy (non-hydrogen) atoms. The highest BCUT2D eigenvalue weighted by atomic mass is 32.1. The molecular formula is C23H26N4O2S. The predicted octanol–water partition coefficient (Wildman–Crippen LogP) is 4.43. The predicted molar refractivity (Wildman–Crippen MR) is 117 cm³/mol. The van der Waals surface area contributed by atoms with Gasteiger partial charge < -0.3 is 14.0 Å². The molecule has 2 atom stereocenters. The zero-order chi connectivity index (χ0) is 20.7. The highest BCUT2D eigenvalue weighted by Crippen LogP contribution is 2.36. The van der Waals surface area contributed by atoms with Gasteiger partial charge in [0.15, 0.2) is 28.2 Å². The van der Waals surface area contributed by atoms with E-state index in [1.165, 1.54) is 17.5 Å². The van der Waals surface area contributed by atoms with Crippen molar-refractivity contribution in [3.63, 3.8) is 0 Å². The van der Waals surface area contributed by atoms with Crippen molar-refractivity contribution in [2.45, 2.75) is 38.1 Å². The van der Waals surface area contributed by atoms with E-state index in [1.54, 1.807) is 0 Å². The third-order valence-electron chi connectivity index (χ3n) is 6.10. The Morgan fingerprint density at radius 2 is 1.90 bits per heavy atom. The molecule has 0 saturated carbocycles. The molecule has 0 unspecified atom stereocenters. The fraction of sp³-hybridized carbons (Fsp3) is 0.391. The van der Waals surface area contributed by atoms with Crippen molar-refractivity contribution in [2.75, 3.05) is 13.7 Å². The maximum atomic E-state index is 6.15. The lowest BCUT2D eigenvalue weighted by Gasteiger charge is -2.33. The molecule has 2 aliphatic rings. The van der Waals surface area contributed by atoms with E-state index in [4.69, 9.17) is 26.8 Å². The standard InChI is InChI=1S/C23H26N4O2S/c1-25(18-11-7-9-16-8-3-4-10-17(16)18)15-27-23(30)26(2)22(24-27)21-14-28-19-12-5-6-13-20(19)29-21/h3-6,8,10,12-13,18,21H,7,9,11,14-15H2,1-2H3/t18-,21+/m1/s1. The van der Waals surface area contributed by atoms with Gasteiger partial charge in [-0.3, -0.25) is 4.90 Å². The van der Waals surface area contributed by atoms with Gasteiger partial charge in [-0.1, -0.05) is 36.4 Å². The van der Waals surface area contributed by atoms with Gasteiger partial charge in [0.05, 0.1) is 6.67 Å². The van der Waals surface area contributed by atoms with Gasteiger partial charge in [0.2, 0.25) is 0 Å². The van der Waals surface area contributed by atoms with Crippen molar-refractivity contribution in [1.82, 2.24) is 19.2 Å². The summed E-state index contributed by atoms with van der Waals surface area (Å²) in [5, 5.41) is 4.83. The van der Waals surface area contributed by atoms with Gasteiger partial charge in [0.25, 0.3) is 0 Å². The van der Waals surface area contributed by atoms with Crippen molar-refractivity contribution < 1.29 is 9.47 Å². The summed E-state index contributed by atoms with van der Waals surface area (Å²) < 4.78 is 16.5. The maximum absolute atomic E-state index is 6.15. The Morgan fingerprint density at radius 3 is 2.77 bits per heavy atom. The molecule has 2 aromatic carbocycles. The lowest BCUT2D eigenvalue weighted by atomic mass is 9.87. The third kappa shape index (κ3) is 3.42. The third-order valence-corrected chi connectivity index (χ3v) is 6.58. The molecule has 5 rings (SSSR count). The largest absolute Gasteiger partial charge is 0.485 e. The number of hydrogen-bond acceptors (Lipinski definition) is 5. The molecule has 0 N–H and O–H groups in total. The Hall–Kier alpha value is -2.64. The first-order valence-electron chi connectivity index (χ1n) is 10.4. The van der Waals surface area contributed by atoms with E-state index < -0.39 is 0 Å². The summed E-state index contributed by atoms with van der Waals surface area (Å²) in [5.74, 6) is 2.29. The number of aromatic nitrogens is 3. The van der Waals surface area contributed by atoms with E-state index in [2.05, 4.69) is 36.2 Å². The van der Waals surface area contributed by atoms with Crippen LogP contribution >= 0.6 is 12.2 Å². The average Bonchev–Trinajstić information content (AvgIpc) is 3.06. The molecule has 0 saturated heterocycles. The highest BCUT2D eigenvalue weighted by Gasteiger charge is 2.28. The van der Waals surface area contributed by atoms with E-state index in [0.29, 0.717) is 24.1 Å². The lowest BCUT2D eigenvalue weighted by molar-refractivity contribution is 0.0818. The van der Waals surface area contributed by atoms with Crippen LogP contribution in [-0.4, -0.2) is 32.9 Å². The quantitative estimate of drug-likeness (QED) is 0.582. The summed E-state index contributed by atoms with van der Waals surface area (Å²) >= 11 is 5.70. The summed E-state index contributed by atoms with van der Waals surface area (Å²) in [4.78, 5) is 2.35. The van der Waals surface area contributed by atoms with Crippen molar-refractivity contribution >= 4 is 12.2 Å². The first kappa shape index (κ1) is 19.3. The van der Waals surface area contributed by atoms with Gasteiger partial charge in [-0.2, -0.15) is 5.10 Å². The average molecular weight is 423 g/mol. The molecular weight excluding hydrogens is 396 g/mol. The molecule has 1 aromatic heterocycles. The molecule has 1 aliphatic carbocycles. The number of hydrogen-bond donors (Lipinski definition) is 0. The second kappa shape index (κ2) is 7.89. The molecule has 0 fully saturated rings. The number of ether oxygens (including phenoxy) is 2. The minimum absolute atomic E-state index is 0.284. The Kier molecular flexibility index (Phi) is 5.08. The minimum atomic E-state index is -0.284. The lowest BCUT2D eigenvalue weighted by Crippen LogP contribution is -2.30. The molecule has 3 aromatic rings. The number of para-hydroxylation sites is 2. The van der Waals surface area contributed by atoms with E-state index in [0.717, 1.165) is 30.2 Å². The van der Waals surface area contributed by atoms with E-state index in [9.17, 15) is 0 Å². The molecule has 0 amide bonds. The Labute approximate surface area is 181 Å². The van der Waals surface area contributed by atoms with Crippen LogP contribution in [-0.2, 0) is 20.1 Å². The van der Waals surface area contributed by atoms with Crippen LogP contribution in [0.3, 0.4) is 0 Å². The van der Waals surface area contributed by atoms with Crippen LogP contribution in [0.25, 0.3) is 0 Å². The van der Waals surface area contributed by atoms with Crippen molar-refractivity contribution in [1.29, 1.82) is 0 Å². The summed E-state index contributed by atoms with van der Waals surface area (Å²) in [6, 6.07) is 16.9. The molecule has 0 spiro atoms. The SMILES string of the molecule is CN(Cn1nc([C@@H]2COc3ccccc3O2)n(C)c1=S)[C@@H]1CCCc2ccccc21. The highest BCUT2D eigenvalue weighted by molar-refractivity contribution is 7.71. The van der Waals surface area contributed by atoms with Crippen LogP contribution < -0.4 is 9.47 Å². The van der Waals surface area contributed by atoms with Crippen molar-refractivity contribution in [3.05, 3.63) is 70.3 Å². The zero-order valence-electron chi connectivity index (χ0n) is 17.3. The molecule has 0 bridgehead atoms.